The Morgan fingerprint density at radius 2 is 2.11 bits per heavy atom. The second kappa shape index (κ2) is 6.02. The molecule has 2 rings (SSSR count). The van der Waals surface area contributed by atoms with Crippen molar-refractivity contribution in [3.05, 3.63) is 38.9 Å². The van der Waals surface area contributed by atoms with Crippen LogP contribution in [0.15, 0.2) is 18.2 Å². The number of esters is 1. The van der Waals surface area contributed by atoms with Crippen LogP contribution in [0.3, 0.4) is 0 Å². The molecular weight excluding hydrogens is 270 g/mol. The van der Waals surface area contributed by atoms with E-state index in [-0.39, 0.29) is 16.3 Å². The van der Waals surface area contributed by atoms with Crippen LogP contribution in [0.25, 0.3) is 0 Å². The number of nitrogens with zero attached hydrogens (tertiary/aromatic N) is 1. The fourth-order valence-electron chi connectivity index (χ4n) is 2.27. The first-order chi connectivity index (χ1) is 9.09. The molecule has 0 aromatic heterocycles. The van der Waals surface area contributed by atoms with Crippen molar-refractivity contribution in [2.45, 2.75) is 25.7 Å². The summed E-state index contributed by atoms with van der Waals surface area (Å²) in [6, 6.07) is 4.12. The number of rotatable bonds is 4. The van der Waals surface area contributed by atoms with Crippen LogP contribution in [0.1, 0.15) is 36.0 Å². The highest BCUT2D eigenvalue weighted by Crippen LogP contribution is 2.29. The van der Waals surface area contributed by atoms with Crippen LogP contribution in [0.5, 0.6) is 0 Å². The van der Waals surface area contributed by atoms with Crippen LogP contribution in [-0.2, 0) is 4.74 Å². The Morgan fingerprint density at radius 1 is 1.42 bits per heavy atom. The van der Waals surface area contributed by atoms with Gasteiger partial charge in [0.05, 0.1) is 17.1 Å². The Balaban J connectivity index is 2.06. The lowest BCUT2D eigenvalue weighted by atomic mass is 10.1. The largest absolute Gasteiger partial charge is 0.462 e. The van der Waals surface area contributed by atoms with Crippen molar-refractivity contribution in [2.75, 3.05) is 6.61 Å². The fourth-order valence-corrected chi connectivity index (χ4v) is 2.54. The molecule has 1 saturated carbocycles. The molecule has 19 heavy (non-hydrogen) atoms. The maximum atomic E-state index is 11.9. The average Bonchev–Trinajstić information content (AvgIpc) is 2.89. The Morgan fingerprint density at radius 3 is 2.74 bits per heavy atom. The van der Waals surface area contributed by atoms with Crippen molar-refractivity contribution < 1.29 is 14.5 Å². The lowest BCUT2D eigenvalue weighted by molar-refractivity contribution is -0.384. The number of nitro groups is 1. The van der Waals surface area contributed by atoms with Crippen LogP contribution < -0.4 is 0 Å². The summed E-state index contributed by atoms with van der Waals surface area (Å²) in [6.07, 6.45) is 4.46. The summed E-state index contributed by atoms with van der Waals surface area (Å²) >= 11 is 5.85. The summed E-state index contributed by atoms with van der Waals surface area (Å²) < 4.78 is 5.18. The summed E-state index contributed by atoms with van der Waals surface area (Å²) in [5, 5.41) is 10.6. The molecule has 0 unspecified atom stereocenters. The highest BCUT2D eigenvalue weighted by molar-refractivity contribution is 6.35. The van der Waals surface area contributed by atoms with E-state index in [1.807, 2.05) is 0 Å². The van der Waals surface area contributed by atoms with E-state index in [0.717, 1.165) is 12.8 Å². The number of carbonyl (C=O) groups is 1. The van der Waals surface area contributed by atoms with E-state index in [9.17, 15) is 14.9 Å². The molecule has 0 bridgehead atoms. The van der Waals surface area contributed by atoms with E-state index in [0.29, 0.717) is 12.5 Å². The molecule has 1 aliphatic carbocycles. The maximum Gasteiger partial charge on any atom is 0.339 e. The molecule has 0 amide bonds. The van der Waals surface area contributed by atoms with Gasteiger partial charge in [-0.25, -0.2) is 4.79 Å². The highest BCUT2D eigenvalue weighted by Gasteiger charge is 2.22. The van der Waals surface area contributed by atoms with Crippen LogP contribution >= 0.6 is 11.6 Å². The fraction of sp³-hybridized carbons (Fsp3) is 0.462. The third kappa shape index (κ3) is 3.23. The molecule has 1 fully saturated rings. The second-order valence-corrected chi connectivity index (χ2v) is 5.02. The van der Waals surface area contributed by atoms with Gasteiger partial charge in [-0.2, -0.15) is 0 Å². The molecule has 5 nitrogen and oxygen atoms in total. The molecule has 1 aliphatic rings. The van der Waals surface area contributed by atoms with Gasteiger partial charge in [-0.05, 0) is 24.8 Å². The van der Waals surface area contributed by atoms with Gasteiger partial charge in [0, 0.05) is 6.07 Å². The molecule has 1 aromatic rings. The van der Waals surface area contributed by atoms with E-state index in [4.69, 9.17) is 16.3 Å². The molecule has 1 aromatic carbocycles. The van der Waals surface area contributed by atoms with E-state index < -0.39 is 10.9 Å². The smallest absolute Gasteiger partial charge is 0.339 e. The van der Waals surface area contributed by atoms with Gasteiger partial charge in [-0.15, -0.1) is 0 Å². The second-order valence-electron chi connectivity index (χ2n) is 4.64. The van der Waals surface area contributed by atoms with E-state index >= 15 is 0 Å². The maximum absolute atomic E-state index is 11.9. The average molecular weight is 284 g/mol. The van der Waals surface area contributed by atoms with Crippen LogP contribution in [-0.4, -0.2) is 17.5 Å². The van der Waals surface area contributed by atoms with Gasteiger partial charge in [0.25, 0.3) is 5.69 Å². The number of benzene rings is 1. The minimum Gasteiger partial charge on any atom is -0.462 e. The highest BCUT2D eigenvalue weighted by atomic mass is 35.5. The number of carbonyl (C=O) groups excluding carboxylic acids is 1. The lowest BCUT2D eigenvalue weighted by Gasteiger charge is -2.10. The van der Waals surface area contributed by atoms with Gasteiger partial charge in [-0.1, -0.05) is 30.5 Å². The van der Waals surface area contributed by atoms with Gasteiger partial charge < -0.3 is 4.74 Å². The van der Waals surface area contributed by atoms with Gasteiger partial charge in [0.1, 0.15) is 5.02 Å². The quantitative estimate of drug-likeness (QED) is 0.481. The molecule has 6 heteroatoms. The number of nitro benzene ring substituents is 1. The van der Waals surface area contributed by atoms with Crippen molar-refractivity contribution >= 4 is 23.3 Å². The molecule has 0 atom stereocenters. The van der Waals surface area contributed by atoms with Crippen LogP contribution in [0.4, 0.5) is 5.69 Å². The number of hydrogen-bond acceptors (Lipinski definition) is 4. The van der Waals surface area contributed by atoms with E-state index in [1.54, 1.807) is 0 Å². The predicted molar refractivity (Wildman–Crippen MR) is 70.3 cm³/mol. The zero-order valence-electron chi connectivity index (χ0n) is 10.3. The molecule has 0 radical (unpaired) electrons. The van der Waals surface area contributed by atoms with E-state index in [2.05, 4.69) is 0 Å². The molecule has 0 heterocycles. The van der Waals surface area contributed by atoms with Gasteiger partial charge in [0.2, 0.25) is 0 Å². The zero-order chi connectivity index (χ0) is 13.8. The monoisotopic (exact) mass is 283 g/mol. The predicted octanol–water partition coefficient (Wildman–Crippen LogP) is 3.60. The summed E-state index contributed by atoms with van der Waals surface area (Å²) in [5.41, 5.74) is -0.231. The molecular formula is C13H14ClNO4. The number of hydrogen-bond donors (Lipinski definition) is 0. The summed E-state index contributed by atoms with van der Waals surface area (Å²) in [7, 11) is 0. The third-order valence-corrected chi connectivity index (χ3v) is 3.72. The molecule has 0 aliphatic heterocycles. The summed E-state index contributed by atoms with van der Waals surface area (Å²) in [6.45, 7) is 0.359. The van der Waals surface area contributed by atoms with E-state index in [1.165, 1.54) is 31.0 Å². The topological polar surface area (TPSA) is 69.4 Å². The Labute approximate surface area is 115 Å². The Hall–Kier alpha value is -1.62. The summed E-state index contributed by atoms with van der Waals surface area (Å²) in [4.78, 5) is 22.0. The first kappa shape index (κ1) is 13.8. The van der Waals surface area contributed by atoms with Crippen LogP contribution in [0, 0.1) is 16.0 Å². The van der Waals surface area contributed by atoms with Gasteiger partial charge in [0.15, 0.2) is 0 Å². The molecule has 102 valence electrons. The normalized spacial score (nSPS) is 15.4. The SMILES string of the molecule is O=C(OCC1CCCC1)c1cccc([N+](=O)[O-])c1Cl. The molecule has 0 N–H and O–H groups in total. The Bertz CT molecular complexity index is 497. The van der Waals surface area contributed by atoms with Gasteiger partial charge in [-0.3, -0.25) is 10.1 Å². The minimum absolute atomic E-state index is 0.0499. The molecule has 0 spiro atoms. The lowest BCUT2D eigenvalue weighted by Crippen LogP contribution is -2.12. The zero-order valence-corrected chi connectivity index (χ0v) is 11.1. The number of ether oxygens (including phenoxy) is 1. The van der Waals surface area contributed by atoms with Gasteiger partial charge >= 0.3 is 5.97 Å². The first-order valence-electron chi connectivity index (χ1n) is 6.19. The van der Waals surface area contributed by atoms with Crippen molar-refractivity contribution in [3.63, 3.8) is 0 Å². The third-order valence-electron chi connectivity index (χ3n) is 3.32. The minimum atomic E-state index is -0.615. The van der Waals surface area contributed by atoms with Crippen molar-refractivity contribution in [1.29, 1.82) is 0 Å². The van der Waals surface area contributed by atoms with Crippen LogP contribution in [0.2, 0.25) is 5.02 Å². The van der Waals surface area contributed by atoms with Crippen molar-refractivity contribution in [2.24, 2.45) is 5.92 Å². The summed E-state index contributed by atoms with van der Waals surface area (Å²) in [5.74, 6) is -0.193. The van der Waals surface area contributed by atoms with Crippen molar-refractivity contribution in [3.8, 4) is 0 Å². The van der Waals surface area contributed by atoms with Crippen molar-refractivity contribution in [1.82, 2.24) is 0 Å². The first-order valence-corrected chi connectivity index (χ1v) is 6.57. The number of halogens is 1. The Kier molecular flexibility index (Phi) is 4.37. The molecule has 0 saturated heterocycles. The standard InChI is InChI=1S/C13H14ClNO4/c14-12-10(6-3-7-11(12)15(17)18)13(16)19-8-9-4-1-2-5-9/h3,6-7,9H,1-2,4-5,8H2.